The van der Waals surface area contributed by atoms with Gasteiger partial charge in [-0.2, -0.15) is 0 Å². The van der Waals surface area contributed by atoms with Crippen LogP contribution in [-0.2, 0) is 24.5 Å². The lowest BCUT2D eigenvalue weighted by Crippen LogP contribution is -2.48. The summed E-state index contributed by atoms with van der Waals surface area (Å²) in [5.41, 5.74) is 1.63. The quantitative estimate of drug-likeness (QED) is 0.616. The van der Waals surface area contributed by atoms with Gasteiger partial charge in [-0.05, 0) is 63.6 Å². The Bertz CT molecular complexity index is 685. The van der Waals surface area contributed by atoms with E-state index in [-0.39, 0.29) is 11.9 Å². The molecule has 2 aliphatic rings. The van der Waals surface area contributed by atoms with E-state index >= 15 is 0 Å². The average Bonchev–Trinajstić information content (AvgIpc) is 2.68. The lowest BCUT2D eigenvalue weighted by Gasteiger charge is -2.35. The molecule has 1 saturated carbocycles. The third kappa shape index (κ3) is 2.31. The highest BCUT2D eigenvalue weighted by Gasteiger charge is 2.64. The molecule has 3 rings (SSSR count). The number of hydrogen-bond donors (Lipinski definition) is 0. The molecule has 0 amide bonds. The maximum atomic E-state index is 13.5. The predicted octanol–water partition coefficient (Wildman–Crippen LogP) is 3.32. The number of rotatable bonds is 2. The molecule has 1 aromatic carbocycles. The van der Waals surface area contributed by atoms with Crippen LogP contribution < -0.4 is 0 Å². The van der Waals surface area contributed by atoms with Gasteiger partial charge in [0.2, 0.25) is 0 Å². The van der Waals surface area contributed by atoms with Crippen LogP contribution in [0.4, 0.5) is 0 Å². The number of Topliss-reactive ketones (excluding diaryl/α,β-unsaturated/α-hetero) is 1. The molecule has 1 aliphatic heterocycles. The van der Waals surface area contributed by atoms with E-state index in [4.69, 9.17) is 9.47 Å². The van der Waals surface area contributed by atoms with E-state index < -0.39 is 17.0 Å². The van der Waals surface area contributed by atoms with Crippen LogP contribution in [0.3, 0.4) is 0 Å². The normalized spacial score (nSPS) is 33.1. The van der Waals surface area contributed by atoms with Gasteiger partial charge in [-0.1, -0.05) is 17.7 Å². The van der Waals surface area contributed by atoms with Crippen molar-refractivity contribution in [3.05, 3.63) is 34.4 Å². The number of aryl methyl sites for hydroxylation is 3. The Labute approximate surface area is 143 Å². The fourth-order valence-electron chi connectivity index (χ4n) is 4.75. The molecule has 1 saturated heterocycles. The number of esters is 1. The van der Waals surface area contributed by atoms with Crippen LogP contribution in [0.5, 0.6) is 0 Å². The van der Waals surface area contributed by atoms with Crippen molar-refractivity contribution in [2.45, 2.75) is 70.5 Å². The van der Waals surface area contributed by atoms with Crippen LogP contribution in [0.25, 0.3) is 0 Å². The van der Waals surface area contributed by atoms with Crippen molar-refractivity contribution < 1.29 is 19.1 Å². The van der Waals surface area contributed by atoms with Crippen molar-refractivity contribution in [2.24, 2.45) is 0 Å². The molecule has 0 bridgehead atoms. The maximum Gasteiger partial charge on any atom is 0.325 e. The number of ketones is 1. The number of carbonyl (C=O) groups is 2. The molecule has 0 radical (unpaired) electrons. The maximum absolute atomic E-state index is 13.5. The van der Waals surface area contributed by atoms with Gasteiger partial charge >= 0.3 is 5.97 Å². The zero-order valence-electron chi connectivity index (χ0n) is 15.2. The van der Waals surface area contributed by atoms with Gasteiger partial charge in [0.15, 0.2) is 16.8 Å². The Kier molecular flexibility index (Phi) is 4.07. The van der Waals surface area contributed by atoms with Gasteiger partial charge < -0.3 is 9.47 Å². The summed E-state index contributed by atoms with van der Waals surface area (Å²) in [5, 5.41) is 0. The Hall–Kier alpha value is -1.68. The molecule has 4 heteroatoms. The molecule has 0 N–H and O–H groups in total. The Morgan fingerprint density at radius 3 is 2.38 bits per heavy atom. The van der Waals surface area contributed by atoms with Crippen molar-refractivity contribution in [3.63, 3.8) is 0 Å². The van der Waals surface area contributed by atoms with Crippen LogP contribution in [0.1, 0.15) is 54.9 Å². The van der Waals surface area contributed by atoms with Crippen LogP contribution in [-0.4, -0.2) is 30.6 Å². The lowest BCUT2D eigenvalue weighted by molar-refractivity contribution is -0.159. The summed E-state index contributed by atoms with van der Waals surface area (Å²) in [6.45, 7) is 7.68. The smallest absolute Gasteiger partial charge is 0.325 e. The van der Waals surface area contributed by atoms with Crippen molar-refractivity contribution in [1.29, 1.82) is 0 Å². The van der Waals surface area contributed by atoms with Gasteiger partial charge in [0, 0.05) is 13.5 Å². The highest BCUT2D eigenvalue weighted by Crippen LogP contribution is 2.48. The average molecular weight is 330 g/mol. The molecular formula is C20H26O4. The first kappa shape index (κ1) is 17.2. The molecule has 0 aromatic heterocycles. The number of carbonyl (C=O) groups excluding carboxylic acids is 2. The number of hydrogen-bond acceptors (Lipinski definition) is 4. The van der Waals surface area contributed by atoms with Crippen molar-refractivity contribution >= 4 is 11.8 Å². The van der Waals surface area contributed by atoms with Gasteiger partial charge in [-0.15, -0.1) is 0 Å². The summed E-state index contributed by atoms with van der Waals surface area (Å²) in [6.07, 6.45) is 2.77. The Morgan fingerprint density at radius 1 is 1.17 bits per heavy atom. The van der Waals surface area contributed by atoms with E-state index in [1.807, 2.05) is 32.9 Å². The minimum atomic E-state index is -1.22. The monoisotopic (exact) mass is 330 g/mol. The number of methoxy groups -OCH3 is 1. The predicted molar refractivity (Wildman–Crippen MR) is 91.1 cm³/mol. The zero-order chi connectivity index (χ0) is 17.7. The molecular weight excluding hydrogens is 304 g/mol. The van der Waals surface area contributed by atoms with Crippen LogP contribution in [0.2, 0.25) is 0 Å². The summed E-state index contributed by atoms with van der Waals surface area (Å²) in [6, 6.07) is 4.05. The van der Waals surface area contributed by atoms with Crippen LogP contribution >= 0.6 is 0 Å². The fraction of sp³-hybridized carbons (Fsp3) is 0.600. The topological polar surface area (TPSA) is 52.6 Å². The van der Waals surface area contributed by atoms with E-state index in [9.17, 15) is 9.59 Å². The van der Waals surface area contributed by atoms with Crippen LogP contribution in [0.15, 0.2) is 12.1 Å². The van der Waals surface area contributed by atoms with Crippen LogP contribution in [0, 0.1) is 20.8 Å². The van der Waals surface area contributed by atoms with Crippen molar-refractivity contribution in [1.82, 2.24) is 0 Å². The van der Waals surface area contributed by atoms with E-state index in [1.54, 1.807) is 14.0 Å². The zero-order valence-corrected chi connectivity index (χ0v) is 15.2. The highest BCUT2D eigenvalue weighted by atomic mass is 16.6. The number of benzene rings is 1. The van der Waals surface area contributed by atoms with E-state index in [1.165, 1.54) is 0 Å². The number of ether oxygens (including phenoxy) is 2. The highest BCUT2D eigenvalue weighted by molar-refractivity contribution is 6.18. The van der Waals surface area contributed by atoms with E-state index in [0.29, 0.717) is 12.8 Å². The molecule has 24 heavy (non-hydrogen) atoms. The van der Waals surface area contributed by atoms with Gasteiger partial charge in [-0.25, -0.2) is 0 Å². The molecule has 130 valence electrons. The second-order valence-corrected chi connectivity index (χ2v) is 7.57. The first-order chi connectivity index (χ1) is 11.2. The summed E-state index contributed by atoms with van der Waals surface area (Å²) >= 11 is 0. The van der Waals surface area contributed by atoms with E-state index in [2.05, 4.69) is 0 Å². The SMILES string of the molecule is COC1CCCC2(C1)OC(=O)C(C)(c1c(C)cc(C)cc1C)C2=O. The Morgan fingerprint density at radius 2 is 1.79 bits per heavy atom. The summed E-state index contributed by atoms with van der Waals surface area (Å²) < 4.78 is 11.2. The molecule has 1 heterocycles. The molecule has 1 aromatic rings. The second-order valence-electron chi connectivity index (χ2n) is 7.57. The third-order valence-electron chi connectivity index (χ3n) is 5.74. The van der Waals surface area contributed by atoms with Crippen molar-refractivity contribution in [2.75, 3.05) is 7.11 Å². The van der Waals surface area contributed by atoms with Crippen molar-refractivity contribution in [3.8, 4) is 0 Å². The summed E-state index contributed by atoms with van der Waals surface area (Å²) in [7, 11) is 1.65. The van der Waals surface area contributed by atoms with Gasteiger partial charge in [-0.3, -0.25) is 9.59 Å². The minimum Gasteiger partial charge on any atom is -0.450 e. The van der Waals surface area contributed by atoms with Gasteiger partial charge in [0.05, 0.1) is 6.10 Å². The molecule has 3 atom stereocenters. The van der Waals surface area contributed by atoms with E-state index in [0.717, 1.165) is 35.1 Å². The Balaban J connectivity index is 2.09. The molecule has 3 unspecified atom stereocenters. The third-order valence-corrected chi connectivity index (χ3v) is 5.74. The standard InChI is InChI=1S/C20H26O4/c1-12-9-13(2)16(14(3)10-12)19(4)17(21)20(24-18(19)22)8-6-7-15(11-20)23-5/h9-10,15H,6-8,11H2,1-5H3. The molecule has 4 nitrogen and oxygen atoms in total. The first-order valence-corrected chi connectivity index (χ1v) is 8.64. The van der Waals surface area contributed by atoms with Gasteiger partial charge in [0.25, 0.3) is 0 Å². The summed E-state index contributed by atoms with van der Waals surface area (Å²) in [5.74, 6) is -0.517. The second kappa shape index (κ2) is 5.69. The fourth-order valence-corrected chi connectivity index (χ4v) is 4.75. The largest absolute Gasteiger partial charge is 0.450 e. The minimum absolute atomic E-state index is 0.0296. The van der Waals surface area contributed by atoms with Gasteiger partial charge in [0.1, 0.15) is 0 Å². The molecule has 1 aliphatic carbocycles. The first-order valence-electron chi connectivity index (χ1n) is 8.64. The summed E-state index contributed by atoms with van der Waals surface area (Å²) in [4.78, 5) is 26.3. The lowest BCUT2D eigenvalue weighted by atomic mass is 9.68. The molecule has 1 spiro atoms. The molecule has 2 fully saturated rings.